The molecule has 0 bridgehead atoms. The van der Waals surface area contributed by atoms with Crippen LogP contribution in [0.4, 0.5) is 0 Å². The van der Waals surface area contributed by atoms with Crippen molar-refractivity contribution in [1.29, 1.82) is 0 Å². The van der Waals surface area contributed by atoms with Gasteiger partial charge < -0.3 is 9.88 Å². The van der Waals surface area contributed by atoms with Crippen LogP contribution < -0.4 is 5.32 Å². The number of carbonyl (C=O) groups is 1. The average molecular weight is 427 g/mol. The van der Waals surface area contributed by atoms with Gasteiger partial charge in [0.05, 0.1) is 22.5 Å². The van der Waals surface area contributed by atoms with Crippen molar-refractivity contribution in [3.8, 4) is 0 Å². The van der Waals surface area contributed by atoms with Gasteiger partial charge in [-0.15, -0.1) is 0 Å². The molecule has 1 aliphatic heterocycles. The maximum Gasteiger partial charge on any atom is 0.251 e. The molecule has 2 aromatic carbocycles. The van der Waals surface area contributed by atoms with Crippen LogP contribution in [0.25, 0.3) is 11.0 Å². The summed E-state index contributed by atoms with van der Waals surface area (Å²) in [6.45, 7) is 3.13. The fraction of sp³-hybridized carbons (Fsp3) is 0.364. The van der Waals surface area contributed by atoms with Crippen LogP contribution in [0.2, 0.25) is 0 Å². The first-order valence-electron chi connectivity index (χ1n) is 10.2. The lowest BCUT2D eigenvalue weighted by Crippen LogP contribution is -2.35. The number of nitrogens with one attached hydrogen (secondary N) is 1. The Morgan fingerprint density at radius 3 is 2.57 bits per heavy atom. The molecule has 1 N–H and O–H groups in total. The average Bonchev–Trinajstić information content (AvgIpc) is 3.08. The van der Waals surface area contributed by atoms with Gasteiger partial charge in [0.1, 0.15) is 5.82 Å². The molecule has 1 aromatic heterocycles. The van der Waals surface area contributed by atoms with Crippen molar-refractivity contribution < 1.29 is 13.2 Å². The molecule has 2 heterocycles. The summed E-state index contributed by atoms with van der Waals surface area (Å²) in [5.41, 5.74) is 2.96. The van der Waals surface area contributed by atoms with Crippen LogP contribution in [0.1, 0.15) is 41.0 Å². The molecule has 1 fully saturated rings. The number of para-hydroxylation sites is 2. The van der Waals surface area contributed by atoms with Gasteiger partial charge in [-0.05, 0) is 49.6 Å². The van der Waals surface area contributed by atoms with Gasteiger partial charge in [-0.25, -0.2) is 13.4 Å². The van der Waals surface area contributed by atoms with Gasteiger partial charge >= 0.3 is 0 Å². The maximum absolute atomic E-state index is 13.0. The summed E-state index contributed by atoms with van der Waals surface area (Å²) >= 11 is 0. The van der Waals surface area contributed by atoms with Gasteiger partial charge in [0.15, 0.2) is 0 Å². The number of hydrogen-bond acceptors (Lipinski definition) is 4. The van der Waals surface area contributed by atoms with Crippen LogP contribution in [0, 0.1) is 6.92 Å². The van der Waals surface area contributed by atoms with Gasteiger partial charge in [-0.3, -0.25) is 4.79 Å². The molecule has 1 amide bonds. The minimum Gasteiger partial charge on any atom is -0.345 e. The number of hydrogen-bond donors (Lipinski definition) is 1. The van der Waals surface area contributed by atoms with E-state index in [0.29, 0.717) is 18.7 Å². The van der Waals surface area contributed by atoms with E-state index in [1.165, 1.54) is 10.4 Å². The van der Waals surface area contributed by atoms with Gasteiger partial charge in [-0.2, -0.15) is 4.31 Å². The zero-order chi connectivity index (χ0) is 21.3. The second-order valence-electron chi connectivity index (χ2n) is 7.70. The Hall–Kier alpha value is -2.71. The highest BCUT2D eigenvalue weighted by Crippen LogP contribution is 2.23. The normalized spacial score (nSPS) is 15.4. The Balaban J connectivity index is 1.55. The molecule has 1 aliphatic rings. The van der Waals surface area contributed by atoms with Crippen LogP contribution in [-0.2, 0) is 23.6 Å². The standard InChI is InChI=1S/C22H26N4O3S/c1-16-10-11-17(30(28,29)26-12-6-3-7-13-26)14-18(16)22(27)23-15-21-24-19-8-4-5-9-20(19)25(21)2/h4-5,8-11,14H,3,6-7,12-13,15H2,1-2H3,(H,23,27). The highest BCUT2D eigenvalue weighted by atomic mass is 32.2. The first-order chi connectivity index (χ1) is 14.4. The second-order valence-corrected chi connectivity index (χ2v) is 9.64. The molecule has 8 heteroatoms. The Labute approximate surface area is 176 Å². The third kappa shape index (κ3) is 3.85. The molecule has 4 rings (SSSR count). The molecular weight excluding hydrogens is 400 g/mol. The monoisotopic (exact) mass is 426 g/mol. The number of rotatable bonds is 5. The molecule has 0 spiro atoms. The van der Waals surface area contributed by atoms with Gasteiger partial charge in [0, 0.05) is 25.7 Å². The molecule has 30 heavy (non-hydrogen) atoms. The van der Waals surface area contributed by atoms with Crippen LogP contribution in [0.5, 0.6) is 0 Å². The van der Waals surface area contributed by atoms with Crippen molar-refractivity contribution in [1.82, 2.24) is 19.2 Å². The lowest BCUT2D eigenvalue weighted by atomic mass is 10.1. The molecular formula is C22H26N4O3S. The molecule has 0 atom stereocenters. The lowest BCUT2D eigenvalue weighted by molar-refractivity contribution is 0.0949. The first-order valence-corrected chi connectivity index (χ1v) is 11.6. The van der Waals surface area contributed by atoms with E-state index in [0.717, 1.165) is 41.7 Å². The van der Waals surface area contributed by atoms with E-state index in [1.54, 1.807) is 19.1 Å². The van der Waals surface area contributed by atoms with Crippen molar-refractivity contribution in [2.75, 3.05) is 13.1 Å². The van der Waals surface area contributed by atoms with Crippen LogP contribution in [0.3, 0.4) is 0 Å². The smallest absolute Gasteiger partial charge is 0.251 e. The van der Waals surface area contributed by atoms with E-state index in [9.17, 15) is 13.2 Å². The number of sulfonamides is 1. The van der Waals surface area contributed by atoms with Gasteiger partial charge in [0.2, 0.25) is 10.0 Å². The number of amides is 1. The Morgan fingerprint density at radius 2 is 1.83 bits per heavy atom. The quantitative estimate of drug-likeness (QED) is 0.680. The van der Waals surface area contributed by atoms with Crippen molar-refractivity contribution in [3.63, 3.8) is 0 Å². The number of imidazole rings is 1. The third-order valence-corrected chi connectivity index (χ3v) is 7.59. The maximum atomic E-state index is 13.0. The minimum atomic E-state index is -3.59. The van der Waals surface area contributed by atoms with E-state index in [1.807, 2.05) is 35.9 Å². The predicted octanol–water partition coefficient (Wildman–Crippen LogP) is 2.99. The van der Waals surface area contributed by atoms with E-state index in [2.05, 4.69) is 10.3 Å². The minimum absolute atomic E-state index is 0.169. The number of fused-ring (bicyclic) bond motifs is 1. The van der Waals surface area contributed by atoms with Crippen LogP contribution >= 0.6 is 0 Å². The fourth-order valence-corrected chi connectivity index (χ4v) is 5.41. The van der Waals surface area contributed by atoms with Gasteiger partial charge in [-0.1, -0.05) is 24.6 Å². The Morgan fingerprint density at radius 1 is 1.10 bits per heavy atom. The predicted molar refractivity (Wildman–Crippen MR) is 116 cm³/mol. The Kier molecular flexibility index (Phi) is 5.62. The summed E-state index contributed by atoms with van der Waals surface area (Å²) in [6, 6.07) is 12.6. The van der Waals surface area contributed by atoms with Crippen LogP contribution in [0.15, 0.2) is 47.4 Å². The Bertz CT molecular complexity index is 1190. The number of nitrogens with zero attached hydrogens (tertiary/aromatic N) is 3. The van der Waals surface area contributed by atoms with E-state index in [4.69, 9.17) is 0 Å². The topological polar surface area (TPSA) is 84.3 Å². The molecule has 0 unspecified atom stereocenters. The summed E-state index contributed by atoms with van der Waals surface area (Å²) in [5, 5.41) is 2.89. The number of benzene rings is 2. The molecule has 3 aromatic rings. The summed E-state index contributed by atoms with van der Waals surface area (Å²) in [5.74, 6) is 0.426. The molecule has 0 saturated carbocycles. The highest BCUT2D eigenvalue weighted by Gasteiger charge is 2.27. The van der Waals surface area contributed by atoms with Crippen molar-refractivity contribution in [2.45, 2.75) is 37.6 Å². The van der Waals surface area contributed by atoms with Crippen molar-refractivity contribution >= 4 is 27.0 Å². The van der Waals surface area contributed by atoms with Crippen molar-refractivity contribution in [3.05, 3.63) is 59.4 Å². The van der Waals surface area contributed by atoms with E-state index < -0.39 is 10.0 Å². The molecule has 0 aliphatic carbocycles. The van der Waals surface area contributed by atoms with Crippen molar-refractivity contribution in [2.24, 2.45) is 7.05 Å². The summed E-state index contributed by atoms with van der Waals surface area (Å²) < 4.78 is 29.4. The van der Waals surface area contributed by atoms with Gasteiger partial charge in [0.25, 0.3) is 5.91 Å². The number of aromatic nitrogens is 2. The number of carbonyl (C=O) groups excluding carboxylic acids is 1. The number of piperidine rings is 1. The molecule has 7 nitrogen and oxygen atoms in total. The number of aryl methyl sites for hydroxylation is 2. The summed E-state index contributed by atoms with van der Waals surface area (Å²) in [7, 11) is -1.68. The summed E-state index contributed by atoms with van der Waals surface area (Å²) in [4.78, 5) is 17.6. The summed E-state index contributed by atoms with van der Waals surface area (Å²) in [6.07, 6.45) is 2.79. The van der Waals surface area contributed by atoms with E-state index in [-0.39, 0.29) is 17.3 Å². The van der Waals surface area contributed by atoms with E-state index >= 15 is 0 Å². The fourth-order valence-electron chi connectivity index (χ4n) is 3.87. The second kappa shape index (κ2) is 8.20. The lowest BCUT2D eigenvalue weighted by Gasteiger charge is -2.26. The first kappa shape index (κ1) is 20.6. The highest BCUT2D eigenvalue weighted by molar-refractivity contribution is 7.89. The molecule has 1 saturated heterocycles. The third-order valence-electron chi connectivity index (χ3n) is 5.69. The largest absolute Gasteiger partial charge is 0.345 e. The van der Waals surface area contributed by atoms with Crippen LogP contribution in [-0.4, -0.2) is 41.3 Å². The zero-order valence-electron chi connectivity index (χ0n) is 17.3. The SMILES string of the molecule is Cc1ccc(S(=O)(=O)N2CCCCC2)cc1C(=O)NCc1nc2ccccc2n1C. The molecule has 0 radical (unpaired) electrons. The zero-order valence-corrected chi connectivity index (χ0v) is 18.1. The molecule has 158 valence electrons.